The lowest BCUT2D eigenvalue weighted by atomic mass is 10.2. The maximum atomic E-state index is 11.9. The Morgan fingerprint density at radius 3 is 2.62 bits per heavy atom. The molecule has 0 saturated heterocycles. The molecular formula is C16H12BrIN2O. The number of amides is 1. The summed E-state index contributed by atoms with van der Waals surface area (Å²) in [6.07, 6.45) is 3.47. The summed E-state index contributed by atoms with van der Waals surface area (Å²) in [5.41, 5.74) is 4.14. The zero-order valence-corrected chi connectivity index (χ0v) is 14.7. The fourth-order valence-electron chi connectivity index (χ4n) is 1.59. The van der Waals surface area contributed by atoms with Gasteiger partial charge in [-0.05, 0) is 68.4 Å². The van der Waals surface area contributed by atoms with Gasteiger partial charge in [-0.1, -0.05) is 36.4 Å². The smallest absolute Gasteiger partial charge is 0.267 e. The van der Waals surface area contributed by atoms with E-state index >= 15 is 0 Å². The van der Waals surface area contributed by atoms with Crippen LogP contribution >= 0.6 is 38.5 Å². The summed E-state index contributed by atoms with van der Waals surface area (Å²) < 4.78 is 1.78. The Balaban J connectivity index is 1.96. The van der Waals surface area contributed by atoms with Crippen LogP contribution in [0, 0.1) is 3.57 Å². The monoisotopic (exact) mass is 454 g/mol. The molecule has 3 nitrogen and oxygen atoms in total. The molecule has 0 aliphatic heterocycles. The molecule has 0 heterocycles. The highest BCUT2D eigenvalue weighted by Gasteiger charge is 2.03. The average molecular weight is 455 g/mol. The number of nitrogens with one attached hydrogen (secondary N) is 1. The fraction of sp³-hybridized carbons (Fsp3) is 0. The molecule has 21 heavy (non-hydrogen) atoms. The topological polar surface area (TPSA) is 41.5 Å². The van der Waals surface area contributed by atoms with E-state index in [1.807, 2.05) is 48.5 Å². The van der Waals surface area contributed by atoms with E-state index in [0.717, 1.165) is 13.6 Å². The minimum atomic E-state index is -0.232. The van der Waals surface area contributed by atoms with E-state index in [1.54, 1.807) is 18.3 Å². The Bertz CT molecular complexity index is 684. The maximum Gasteiger partial charge on any atom is 0.271 e. The minimum absolute atomic E-state index is 0.232. The normalized spacial score (nSPS) is 11.6. The van der Waals surface area contributed by atoms with Gasteiger partial charge in [0.05, 0.1) is 6.21 Å². The number of nitrogens with zero attached hydrogens (tertiary/aromatic N) is 1. The molecule has 0 aromatic heterocycles. The van der Waals surface area contributed by atoms with Crippen LogP contribution in [0.25, 0.3) is 6.08 Å². The van der Waals surface area contributed by atoms with Crippen molar-refractivity contribution in [1.29, 1.82) is 0 Å². The Hall–Kier alpha value is -1.47. The molecule has 106 valence electrons. The Morgan fingerprint density at radius 2 is 1.90 bits per heavy atom. The molecule has 0 atom stereocenters. The van der Waals surface area contributed by atoms with Gasteiger partial charge < -0.3 is 0 Å². The molecule has 2 aromatic rings. The highest BCUT2D eigenvalue weighted by molar-refractivity contribution is 14.1. The van der Waals surface area contributed by atoms with Crippen LogP contribution in [-0.2, 0) is 0 Å². The summed E-state index contributed by atoms with van der Waals surface area (Å²) in [6.45, 7) is 0. The van der Waals surface area contributed by atoms with Gasteiger partial charge in [0, 0.05) is 13.6 Å². The van der Waals surface area contributed by atoms with E-state index in [2.05, 4.69) is 49.0 Å². The van der Waals surface area contributed by atoms with E-state index in [1.165, 1.54) is 0 Å². The molecule has 2 rings (SSSR count). The summed E-state index contributed by atoms with van der Waals surface area (Å²) in [4.78, 5) is 11.9. The van der Waals surface area contributed by atoms with Crippen molar-refractivity contribution in [3.05, 3.63) is 73.8 Å². The predicted molar refractivity (Wildman–Crippen MR) is 98.5 cm³/mol. The molecule has 0 unspecified atom stereocenters. The number of hydrogen-bond acceptors (Lipinski definition) is 2. The maximum absolute atomic E-state index is 11.9. The van der Waals surface area contributed by atoms with E-state index in [0.29, 0.717) is 5.56 Å². The molecule has 0 spiro atoms. The van der Waals surface area contributed by atoms with Gasteiger partial charge in [0.2, 0.25) is 0 Å². The second-order valence-corrected chi connectivity index (χ2v) is 6.31. The van der Waals surface area contributed by atoms with Gasteiger partial charge in [-0.25, -0.2) is 5.43 Å². The Kier molecular flexibility index (Phi) is 6.13. The molecule has 1 N–H and O–H groups in total. The molecule has 0 radical (unpaired) electrons. The van der Waals surface area contributed by atoms with Crippen LogP contribution in [0.1, 0.15) is 15.9 Å². The number of halogens is 2. The van der Waals surface area contributed by atoms with Crippen LogP contribution in [0.4, 0.5) is 0 Å². The van der Waals surface area contributed by atoms with Crippen LogP contribution in [0.5, 0.6) is 0 Å². The number of allylic oxidation sites excluding steroid dienone is 1. The van der Waals surface area contributed by atoms with Crippen molar-refractivity contribution in [2.24, 2.45) is 5.10 Å². The van der Waals surface area contributed by atoms with Crippen molar-refractivity contribution in [1.82, 2.24) is 5.43 Å². The third kappa shape index (κ3) is 5.43. The SMILES string of the molecule is O=C(N/N=C\C(Br)=C\c1ccccc1)c1cccc(I)c1. The summed E-state index contributed by atoms with van der Waals surface area (Å²) in [5, 5.41) is 3.93. The lowest BCUT2D eigenvalue weighted by Gasteiger charge is -2.00. The Labute approximate surface area is 145 Å². The van der Waals surface area contributed by atoms with Crippen LogP contribution < -0.4 is 5.43 Å². The highest BCUT2D eigenvalue weighted by Crippen LogP contribution is 2.10. The van der Waals surface area contributed by atoms with E-state index in [4.69, 9.17) is 0 Å². The first-order valence-corrected chi connectivity index (χ1v) is 8.03. The second kappa shape index (κ2) is 8.09. The molecule has 0 saturated carbocycles. The van der Waals surface area contributed by atoms with Gasteiger partial charge in [0.1, 0.15) is 0 Å². The number of hydrogen-bond donors (Lipinski definition) is 1. The molecular weight excluding hydrogens is 443 g/mol. The van der Waals surface area contributed by atoms with Gasteiger partial charge in [-0.2, -0.15) is 5.10 Å². The highest BCUT2D eigenvalue weighted by atomic mass is 127. The minimum Gasteiger partial charge on any atom is -0.267 e. The standard InChI is InChI=1S/C16H12BrIN2O/c17-14(9-12-5-2-1-3-6-12)11-19-20-16(21)13-7-4-8-15(18)10-13/h1-11H,(H,20,21)/b14-9-,19-11-. The molecule has 2 aromatic carbocycles. The lowest BCUT2D eigenvalue weighted by molar-refractivity contribution is 0.0955. The zero-order chi connectivity index (χ0) is 15.1. The summed E-state index contributed by atoms with van der Waals surface area (Å²) in [5.74, 6) is -0.232. The number of benzene rings is 2. The largest absolute Gasteiger partial charge is 0.271 e. The number of hydrazone groups is 1. The van der Waals surface area contributed by atoms with Gasteiger partial charge in [0.25, 0.3) is 5.91 Å². The van der Waals surface area contributed by atoms with Gasteiger partial charge in [-0.3, -0.25) is 4.79 Å². The molecule has 0 aliphatic rings. The third-order valence-corrected chi connectivity index (χ3v) is 3.65. The Morgan fingerprint density at radius 1 is 1.14 bits per heavy atom. The second-order valence-electron chi connectivity index (χ2n) is 4.15. The van der Waals surface area contributed by atoms with E-state index in [-0.39, 0.29) is 5.91 Å². The fourth-order valence-corrected chi connectivity index (χ4v) is 2.50. The molecule has 0 aliphatic carbocycles. The summed E-state index contributed by atoms with van der Waals surface area (Å²) >= 11 is 5.56. The number of carbonyl (C=O) groups excluding carboxylic acids is 1. The predicted octanol–water partition coefficient (Wildman–Crippen LogP) is 4.44. The molecule has 0 bridgehead atoms. The van der Waals surface area contributed by atoms with Crippen LogP contribution in [0.15, 0.2) is 64.2 Å². The van der Waals surface area contributed by atoms with E-state index in [9.17, 15) is 4.79 Å². The van der Waals surface area contributed by atoms with E-state index < -0.39 is 0 Å². The molecule has 5 heteroatoms. The van der Waals surface area contributed by atoms with Gasteiger partial charge in [0.15, 0.2) is 0 Å². The average Bonchev–Trinajstić information content (AvgIpc) is 2.48. The molecule has 1 amide bonds. The lowest BCUT2D eigenvalue weighted by Crippen LogP contribution is -2.17. The third-order valence-electron chi connectivity index (χ3n) is 2.54. The van der Waals surface area contributed by atoms with Gasteiger partial charge >= 0.3 is 0 Å². The van der Waals surface area contributed by atoms with Crippen LogP contribution in [0.3, 0.4) is 0 Å². The molecule has 0 fully saturated rings. The number of rotatable bonds is 4. The van der Waals surface area contributed by atoms with Gasteiger partial charge in [-0.15, -0.1) is 0 Å². The van der Waals surface area contributed by atoms with Crippen molar-refractivity contribution in [3.8, 4) is 0 Å². The quantitative estimate of drug-likeness (QED) is 0.414. The van der Waals surface area contributed by atoms with Crippen molar-refractivity contribution in [3.63, 3.8) is 0 Å². The van der Waals surface area contributed by atoms with Crippen molar-refractivity contribution >= 4 is 56.7 Å². The first-order valence-electron chi connectivity index (χ1n) is 6.16. The zero-order valence-electron chi connectivity index (χ0n) is 11.0. The van der Waals surface area contributed by atoms with Crippen molar-refractivity contribution in [2.75, 3.05) is 0 Å². The van der Waals surface area contributed by atoms with Crippen molar-refractivity contribution < 1.29 is 4.79 Å². The van der Waals surface area contributed by atoms with Crippen molar-refractivity contribution in [2.45, 2.75) is 0 Å². The van der Waals surface area contributed by atoms with Crippen LogP contribution in [-0.4, -0.2) is 12.1 Å². The first-order chi connectivity index (χ1) is 10.1. The van der Waals surface area contributed by atoms with Crippen LogP contribution in [0.2, 0.25) is 0 Å². The number of carbonyl (C=O) groups is 1. The first kappa shape index (κ1) is 15.9. The summed E-state index contributed by atoms with van der Waals surface area (Å²) in [7, 11) is 0. The summed E-state index contributed by atoms with van der Waals surface area (Å²) in [6, 6.07) is 17.2.